The third kappa shape index (κ3) is 5.16. The van der Waals surface area contributed by atoms with Gasteiger partial charge in [-0.05, 0) is 25.0 Å². The first-order valence-corrected chi connectivity index (χ1v) is 6.47. The van der Waals surface area contributed by atoms with E-state index in [0.717, 1.165) is 6.42 Å². The van der Waals surface area contributed by atoms with Crippen molar-refractivity contribution < 1.29 is 14.0 Å². The molecule has 2 rings (SSSR count). The molecule has 1 N–H and O–H groups in total. The molecule has 1 aromatic rings. The lowest BCUT2D eigenvalue weighted by Crippen LogP contribution is -2.33. The van der Waals surface area contributed by atoms with Gasteiger partial charge in [-0.1, -0.05) is 13.8 Å². The lowest BCUT2D eigenvalue weighted by atomic mass is 10.0. The second-order valence-corrected chi connectivity index (χ2v) is 4.50. The van der Waals surface area contributed by atoms with Crippen molar-refractivity contribution in [2.45, 2.75) is 45.4 Å². The van der Waals surface area contributed by atoms with Crippen LogP contribution >= 0.6 is 0 Å². The Hall–Kier alpha value is -1.78. The molecule has 1 unspecified atom stereocenters. The summed E-state index contributed by atoms with van der Waals surface area (Å²) in [5.74, 6) is -0.249. The highest BCUT2D eigenvalue weighted by Gasteiger charge is 2.13. The first-order chi connectivity index (χ1) is 9.04. The van der Waals surface area contributed by atoms with Gasteiger partial charge in [-0.15, -0.1) is 0 Å². The van der Waals surface area contributed by atoms with E-state index in [4.69, 9.17) is 0 Å². The average molecular weight is 266 g/mol. The van der Waals surface area contributed by atoms with E-state index in [2.05, 4.69) is 10.3 Å². The number of halogens is 1. The molecule has 1 aliphatic rings. The molecule has 1 saturated heterocycles. The van der Waals surface area contributed by atoms with E-state index < -0.39 is 0 Å². The molecule has 1 aliphatic heterocycles. The Labute approximate surface area is 112 Å². The van der Waals surface area contributed by atoms with Gasteiger partial charge in [0.15, 0.2) is 0 Å². The SMILES string of the molecule is CCC(C)c1ncccc1F.O=C1CCCC(=O)N1. The van der Waals surface area contributed by atoms with Crippen molar-refractivity contribution in [3.8, 4) is 0 Å². The molecule has 0 radical (unpaired) electrons. The molecule has 4 nitrogen and oxygen atoms in total. The van der Waals surface area contributed by atoms with Gasteiger partial charge in [0.05, 0.1) is 5.69 Å². The molecule has 1 atom stereocenters. The smallest absolute Gasteiger partial charge is 0.226 e. The number of hydrogen-bond donors (Lipinski definition) is 1. The fourth-order valence-electron chi connectivity index (χ4n) is 1.64. The molecule has 0 aliphatic carbocycles. The fourth-order valence-corrected chi connectivity index (χ4v) is 1.64. The van der Waals surface area contributed by atoms with Crippen LogP contribution in [0.15, 0.2) is 18.3 Å². The summed E-state index contributed by atoms with van der Waals surface area (Å²) in [7, 11) is 0. The Morgan fingerprint density at radius 2 is 2.00 bits per heavy atom. The minimum Gasteiger partial charge on any atom is -0.296 e. The predicted octanol–water partition coefficient (Wildman–Crippen LogP) is 2.55. The number of nitrogens with zero attached hydrogens (tertiary/aromatic N) is 1. The molecule has 2 heterocycles. The summed E-state index contributed by atoms with van der Waals surface area (Å²) in [6.07, 6.45) is 4.28. The number of carbonyl (C=O) groups excluding carboxylic acids is 2. The van der Waals surface area contributed by atoms with Gasteiger partial charge in [-0.25, -0.2) is 4.39 Å². The van der Waals surface area contributed by atoms with E-state index in [1.165, 1.54) is 6.07 Å². The van der Waals surface area contributed by atoms with E-state index in [0.29, 0.717) is 25.0 Å². The van der Waals surface area contributed by atoms with E-state index in [-0.39, 0.29) is 23.5 Å². The van der Waals surface area contributed by atoms with Crippen LogP contribution in [0.4, 0.5) is 4.39 Å². The van der Waals surface area contributed by atoms with Crippen LogP contribution < -0.4 is 5.32 Å². The van der Waals surface area contributed by atoms with Gasteiger partial charge >= 0.3 is 0 Å². The number of pyridine rings is 1. The zero-order valence-electron chi connectivity index (χ0n) is 11.3. The molecule has 19 heavy (non-hydrogen) atoms. The minimum atomic E-state index is -0.193. The zero-order valence-corrected chi connectivity index (χ0v) is 11.3. The molecule has 2 amide bonds. The number of aromatic nitrogens is 1. The van der Waals surface area contributed by atoms with Crippen LogP contribution in [0.1, 0.15) is 51.1 Å². The van der Waals surface area contributed by atoms with E-state index in [9.17, 15) is 14.0 Å². The zero-order chi connectivity index (χ0) is 14.3. The van der Waals surface area contributed by atoms with E-state index in [1.807, 2.05) is 13.8 Å². The van der Waals surface area contributed by atoms with Gasteiger partial charge in [0.25, 0.3) is 0 Å². The fraction of sp³-hybridized carbons (Fsp3) is 0.500. The summed E-state index contributed by atoms with van der Waals surface area (Å²) in [4.78, 5) is 24.7. The molecule has 104 valence electrons. The highest BCUT2D eigenvalue weighted by Crippen LogP contribution is 2.18. The normalized spacial score (nSPS) is 16.2. The maximum atomic E-state index is 13.0. The second-order valence-electron chi connectivity index (χ2n) is 4.50. The van der Waals surface area contributed by atoms with Crippen LogP contribution in [0.5, 0.6) is 0 Å². The third-order valence-corrected chi connectivity index (χ3v) is 2.95. The van der Waals surface area contributed by atoms with Gasteiger partial charge < -0.3 is 0 Å². The van der Waals surface area contributed by atoms with Crippen molar-refractivity contribution in [1.82, 2.24) is 10.3 Å². The number of piperidine rings is 1. The number of imide groups is 1. The minimum absolute atomic E-state index is 0.138. The van der Waals surface area contributed by atoms with E-state index >= 15 is 0 Å². The lowest BCUT2D eigenvalue weighted by Gasteiger charge is -2.07. The number of rotatable bonds is 2. The Bertz CT molecular complexity index is 435. The van der Waals surface area contributed by atoms with Gasteiger partial charge in [-0.3, -0.25) is 19.9 Å². The van der Waals surface area contributed by atoms with Gasteiger partial charge in [0.1, 0.15) is 5.82 Å². The maximum Gasteiger partial charge on any atom is 0.226 e. The largest absolute Gasteiger partial charge is 0.296 e. The highest BCUT2D eigenvalue weighted by molar-refractivity contribution is 5.97. The summed E-state index contributed by atoms with van der Waals surface area (Å²) in [5.41, 5.74) is 0.579. The third-order valence-electron chi connectivity index (χ3n) is 2.95. The number of hydrogen-bond acceptors (Lipinski definition) is 3. The quantitative estimate of drug-likeness (QED) is 0.837. The summed E-state index contributed by atoms with van der Waals surface area (Å²) in [5, 5.41) is 2.20. The number of carbonyl (C=O) groups is 2. The summed E-state index contributed by atoms with van der Waals surface area (Å²) in [6.45, 7) is 4.00. The van der Waals surface area contributed by atoms with Crippen LogP contribution in [0.2, 0.25) is 0 Å². The molecular formula is C14H19FN2O2. The van der Waals surface area contributed by atoms with Crippen LogP contribution in [-0.4, -0.2) is 16.8 Å². The first-order valence-electron chi connectivity index (χ1n) is 6.47. The monoisotopic (exact) mass is 266 g/mol. The maximum absolute atomic E-state index is 13.0. The van der Waals surface area contributed by atoms with Crippen molar-refractivity contribution >= 4 is 11.8 Å². The molecule has 0 bridgehead atoms. The van der Waals surface area contributed by atoms with Gasteiger partial charge in [-0.2, -0.15) is 0 Å². The molecule has 0 spiro atoms. The first kappa shape index (κ1) is 15.3. The van der Waals surface area contributed by atoms with Crippen molar-refractivity contribution in [2.75, 3.05) is 0 Å². The number of nitrogens with one attached hydrogen (secondary N) is 1. The topological polar surface area (TPSA) is 59.1 Å². The Morgan fingerprint density at radius 3 is 2.42 bits per heavy atom. The summed E-state index contributed by atoms with van der Waals surface area (Å²) in [6, 6.07) is 3.07. The molecule has 0 saturated carbocycles. The van der Waals surface area contributed by atoms with Crippen molar-refractivity contribution in [3.05, 3.63) is 29.8 Å². The van der Waals surface area contributed by atoms with Gasteiger partial charge in [0.2, 0.25) is 11.8 Å². The van der Waals surface area contributed by atoms with Crippen molar-refractivity contribution in [2.24, 2.45) is 0 Å². The number of amides is 2. The standard InChI is InChI=1S/C9H12FN.C5H7NO2/c1-3-7(2)9-8(10)5-4-6-11-9;7-4-2-1-3-5(8)6-4/h4-7H,3H2,1-2H3;1-3H2,(H,6,7,8). The Balaban J connectivity index is 0.000000200. The highest BCUT2D eigenvalue weighted by atomic mass is 19.1. The van der Waals surface area contributed by atoms with Crippen LogP contribution in [0.3, 0.4) is 0 Å². The predicted molar refractivity (Wildman–Crippen MR) is 69.9 cm³/mol. The summed E-state index contributed by atoms with van der Waals surface area (Å²) < 4.78 is 13.0. The average Bonchev–Trinajstić information content (AvgIpc) is 2.39. The van der Waals surface area contributed by atoms with E-state index in [1.54, 1.807) is 12.3 Å². The molecule has 5 heteroatoms. The molecular weight excluding hydrogens is 247 g/mol. The summed E-state index contributed by atoms with van der Waals surface area (Å²) >= 11 is 0. The lowest BCUT2D eigenvalue weighted by molar-refractivity contribution is -0.132. The van der Waals surface area contributed by atoms with Crippen molar-refractivity contribution in [3.63, 3.8) is 0 Å². The molecule has 0 aromatic carbocycles. The molecule has 1 fully saturated rings. The Kier molecular flexibility index (Phi) is 6.12. The van der Waals surface area contributed by atoms with Crippen molar-refractivity contribution in [1.29, 1.82) is 0 Å². The van der Waals surface area contributed by atoms with Crippen LogP contribution in [0.25, 0.3) is 0 Å². The van der Waals surface area contributed by atoms with Crippen LogP contribution in [-0.2, 0) is 9.59 Å². The molecule has 1 aromatic heterocycles. The van der Waals surface area contributed by atoms with Gasteiger partial charge in [0, 0.05) is 25.0 Å². The Morgan fingerprint density at radius 1 is 1.37 bits per heavy atom. The second kappa shape index (κ2) is 7.61. The van der Waals surface area contributed by atoms with Crippen LogP contribution in [0, 0.1) is 5.82 Å².